The third-order valence-corrected chi connectivity index (χ3v) is 5.82. The van der Waals surface area contributed by atoms with Gasteiger partial charge in [0.05, 0.1) is 0 Å². The van der Waals surface area contributed by atoms with Crippen molar-refractivity contribution in [1.82, 2.24) is 19.9 Å². The minimum Gasteiger partial charge on any atom is -0.481 e. The zero-order valence-electron chi connectivity index (χ0n) is 16.7. The first kappa shape index (κ1) is 20.9. The number of benzene rings is 1. The Hall–Kier alpha value is -3.31. The largest absolute Gasteiger partial charge is 0.481 e. The molecule has 162 valence electrons. The van der Waals surface area contributed by atoms with Crippen LogP contribution in [0.15, 0.2) is 35.1 Å². The SMILES string of the molecule is O=C(O)CCCC(=O)Nc1cccc(-c2nn3c(=O)cc(N4CCNCC4)nc3s2)c1. The van der Waals surface area contributed by atoms with Gasteiger partial charge in [-0.15, -0.1) is 0 Å². The minimum atomic E-state index is -0.922. The van der Waals surface area contributed by atoms with Gasteiger partial charge in [-0.1, -0.05) is 23.5 Å². The van der Waals surface area contributed by atoms with Crippen LogP contribution in [0.5, 0.6) is 0 Å². The summed E-state index contributed by atoms with van der Waals surface area (Å²) < 4.78 is 1.29. The molecule has 0 bridgehead atoms. The molecule has 3 N–H and O–H groups in total. The van der Waals surface area contributed by atoms with Crippen molar-refractivity contribution in [3.63, 3.8) is 0 Å². The number of hydrogen-bond donors (Lipinski definition) is 3. The van der Waals surface area contributed by atoms with Crippen molar-refractivity contribution in [2.45, 2.75) is 19.3 Å². The number of aromatic nitrogens is 3. The van der Waals surface area contributed by atoms with Gasteiger partial charge in [0.2, 0.25) is 10.9 Å². The van der Waals surface area contributed by atoms with Crippen molar-refractivity contribution in [2.75, 3.05) is 36.4 Å². The number of carbonyl (C=O) groups excluding carboxylic acids is 1. The summed E-state index contributed by atoms with van der Waals surface area (Å²) in [6, 6.07) is 8.67. The maximum atomic E-state index is 12.6. The highest BCUT2D eigenvalue weighted by Gasteiger charge is 2.16. The topological polar surface area (TPSA) is 129 Å². The molecular weight excluding hydrogens is 420 g/mol. The number of carboxylic acid groups (broad SMARTS) is 1. The summed E-state index contributed by atoms with van der Waals surface area (Å²) in [7, 11) is 0. The molecule has 1 aliphatic rings. The molecule has 4 rings (SSSR count). The molecule has 3 aromatic rings. The standard InChI is InChI=1S/C20H22N6O4S/c27-16(5-2-6-18(29)30)22-14-4-1-3-13(11-14)19-24-26-17(28)12-15(23-20(26)31-19)25-9-7-21-8-10-25/h1,3-4,11-12,21H,2,5-10H2,(H,22,27)(H,29,30). The number of nitrogens with one attached hydrogen (secondary N) is 2. The summed E-state index contributed by atoms with van der Waals surface area (Å²) >= 11 is 1.31. The Kier molecular flexibility index (Phi) is 6.23. The van der Waals surface area contributed by atoms with Crippen molar-refractivity contribution >= 4 is 39.7 Å². The van der Waals surface area contributed by atoms with Gasteiger partial charge in [-0.3, -0.25) is 14.4 Å². The van der Waals surface area contributed by atoms with Crippen LogP contribution in [0.3, 0.4) is 0 Å². The number of rotatable bonds is 7. The molecule has 1 saturated heterocycles. The second kappa shape index (κ2) is 9.23. The van der Waals surface area contributed by atoms with Crippen LogP contribution in [0.25, 0.3) is 15.5 Å². The van der Waals surface area contributed by atoms with Gasteiger partial charge in [0, 0.05) is 56.3 Å². The molecule has 0 spiro atoms. The maximum Gasteiger partial charge on any atom is 0.303 e. The highest BCUT2D eigenvalue weighted by atomic mass is 32.1. The van der Waals surface area contributed by atoms with E-state index in [0.29, 0.717) is 21.5 Å². The van der Waals surface area contributed by atoms with Crippen LogP contribution >= 0.6 is 11.3 Å². The average Bonchev–Trinajstić information content (AvgIpc) is 3.19. The molecule has 2 aromatic heterocycles. The van der Waals surface area contributed by atoms with E-state index in [4.69, 9.17) is 5.11 Å². The zero-order chi connectivity index (χ0) is 21.8. The van der Waals surface area contributed by atoms with Gasteiger partial charge in [-0.05, 0) is 18.6 Å². The molecule has 11 heteroatoms. The summed E-state index contributed by atoms with van der Waals surface area (Å²) in [5.41, 5.74) is 1.10. The predicted molar refractivity (Wildman–Crippen MR) is 118 cm³/mol. The van der Waals surface area contributed by atoms with Crippen molar-refractivity contribution in [1.29, 1.82) is 0 Å². The van der Waals surface area contributed by atoms with E-state index in [-0.39, 0.29) is 30.7 Å². The van der Waals surface area contributed by atoms with Crippen LogP contribution in [0.1, 0.15) is 19.3 Å². The fraction of sp³-hybridized carbons (Fsp3) is 0.350. The molecule has 1 aromatic carbocycles. The van der Waals surface area contributed by atoms with E-state index in [1.165, 1.54) is 21.9 Å². The predicted octanol–water partition coefficient (Wildman–Crippen LogP) is 1.42. The highest BCUT2D eigenvalue weighted by Crippen LogP contribution is 2.27. The van der Waals surface area contributed by atoms with E-state index >= 15 is 0 Å². The lowest BCUT2D eigenvalue weighted by atomic mass is 10.2. The van der Waals surface area contributed by atoms with Gasteiger partial charge >= 0.3 is 5.97 Å². The first-order valence-corrected chi connectivity index (χ1v) is 10.8. The van der Waals surface area contributed by atoms with Gasteiger partial charge in [-0.2, -0.15) is 9.61 Å². The fourth-order valence-electron chi connectivity index (χ4n) is 3.33. The molecule has 31 heavy (non-hydrogen) atoms. The first-order chi connectivity index (χ1) is 15.0. The van der Waals surface area contributed by atoms with Crippen LogP contribution in [-0.2, 0) is 9.59 Å². The quantitative estimate of drug-likeness (QED) is 0.501. The van der Waals surface area contributed by atoms with Crippen molar-refractivity contribution in [3.05, 3.63) is 40.7 Å². The lowest BCUT2D eigenvalue weighted by molar-refractivity contribution is -0.137. The van der Waals surface area contributed by atoms with E-state index in [1.807, 2.05) is 6.07 Å². The Morgan fingerprint density at radius 1 is 1.19 bits per heavy atom. The van der Waals surface area contributed by atoms with Gasteiger partial charge in [0.15, 0.2) is 0 Å². The van der Waals surface area contributed by atoms with Crippen molar-refractivity contribution < 1.29 is 14.7 Å². The highest BCUT2D eigenvalue weighted by molar-refractivity contribution is 7.19. The second-order valence-corrected chi connectivity index (χ2v) is 8.12. The number of piperazine rings is 1. The summed E-state index contributed by atoms with van der Waals surface area (Å²) in [5, 5.41) is 19.8. The Morgan fingerprint density at radius 2 is 2.00 bits per heavy atom. The van der Waals surface area contributed by atoms with Crippen LogP contribution in [0.4, 0.5) is 11.5 Å². The molecule has 0 radical (unpaired) electrons. The van der Waals surface area contributed by atoms with Gasteiger partial charge in [0.1, 0.15) is 10.8 Å². The third kappa shape index (κ3) is 5.06. The average molecular weight is 443 g/mol. The normalized spacial score (nSPS) is 14.0. The maximum absolute atomic E-state index is 12.6. The van der Waals surface area contributed by atoms with E-state index in [9.17, 15) is 14.4 Å². The van der Waals surface area contributed by atoms with Crippen molar-refractivity contribution in [2.24, 2.45) is 0 Å². The number of nitrogens with zero attached hydrogens (tertiary/aromatic N) is 4. The smallest absolute Gasteiger partial charge is 0.303 e. The summed E-state index contributed by atoms with van der Waals surface area (Å²) in [6.45, 7) is 3.29. The van der Waals surface area contributed by atoms with E-state index in [1.54, 1.807) is 18.2 Å². The number of anilines is 2. The van der Waals surface area contributed by atoms with Crippen LogP contribution in [-0.4, -0.2) is 57.8 Å². The fourth-order valence-corrected chi connectivity index (χ4v) is 4.22. The van der Waals surface area contributed by atoms with Gasteiger partial charge in [-0.25, -0.2) is 4.98 Å². The molecule has 1 aliphatic heterocycles. The van der Waals surface area contributed by atoms with E-state index in [2.05, 4.69) is 25.6 Å². The molecule has 10 nitrogen and oxygen atoms in total. The lowest BCUT2D eigenvalue weighted by Crippen LogP contribution is -2.44. The van der Waals surface area contributed by atoms with E-state index < -0.39 is 5.97 Å². The number of hydrogen-bond acceptors (Lipinski definition) is 8. The first-order valence-electron chi connectivity index (χ1n) is 9.98. The third-order valence-electron chi connectivity index (χ3n) is 4.86. The molecular formula is C20H22N6O4S. The Labute approximate surface area is 181 Å². The molecule has 3 heterocycles. The minimum absolute atomic E-state index is 0.0448. The number of aliphatic carboxylic acids is 1. The van der Waals surface area contributed by atoms with Gasteiger partial charge < -0.3 is 20.6 Å². The van der Waals surface area contributed by atoms with Gasteiger partial charge in [0.25, 0.3) is 5.56 Å². The molecule has 0 aliphatic carbocycles. The van der Waals surface area contributed by atoms with Crippen LogP contribution in [0.2, 0.25) is 0 Å². The summed E-state index contributed by atoms with van der Waals surface area (Å²) in [6.07, 6.45) is 0.366. The number of fused-ring (bicyclic) bond motifs is 1. The monoisotopic (exact) mass is 442 g/mol. The number of carboxylic acids is 1. The number of carbonyl (C=O) groups is 2. The lowest BCUT2D eigenvalue weighted by Gasteiger charge is -2.27. The molecule has 0 atom stereocenters. The number of amides is 1. The molecule has 0 saturated carbocycles. The van der Waals surface area contributed by atoms with Crippen LogP contribution in [0, 0.1) is 0 Å². The molecule has 1 amide bonds. The van der Waals surface area contributed by atoms with E-state index in [0.717, 1.165) is 31.7 Å². The van der Waals surface area contributed by atoms with Crippen molar-refractivity contribution in [3.8, 4) is 10.6 Å². The zero-order valence-corrected chi connectivity index (χ0v) is 17.5. The summed E-state index contributed by atoms with van der Waals surface area (Å²) in [5.74, 6) is -0.514. The Balaban J connectivity index is 1.54. The second-order valence-electron chi connectivity index (χ2n) is 7.17. The Bertz CT molecular complexity index is 1170. The molecule has 1 fully saturated rings. The van der Waals surface area contributed by atoms with Crippen LogP contribution < -0.4 is 21.1 Å². The molecule has 0 unspecified atom stereocenters. The summed E-state index contributed by atoms with van der Waals surface area (Å²) in [4.78, 5) is 42.4. The Morgan fingerprint density at radius 3 is 2.77 bits per heavy atom.